The predicted octanol–water partition coefficient (Wildman–Crippen LogP) is 5.85. The molecule has 1 nitrogen and oxygen atoms in total. The van der Waals surface area contributed by atoms with Gasteiger partial charge in [-0.2, -0.15) is 0 Å². The van der Waals surface area contributed by atoms with E-state index in [4.69, 9.17) is 34.8 Å². The van der Waals surface area contributed by atoms with Crippen molar-refractivity contribution in [1.29, 1.82) is 0 Å². The molecule has 0 fully saturated rings. The summed E-state index contributed by atoms with van der Waals surface area (Å²) in [4.78, 5) is 0. The Kier molecular flexibility index (Phi) is 5.95. The largest absolute Gasteiger partial charge is 0.310 e. The molecular weight excluding hydrogens is 325 g/mol. The molecule has 21 heavy (non-hydrogen) atoms. The van der Waals surface area contributed by atoms with Crippen LogP contribution >= 0.6 is 34.8 Å². The zero-order chi connectivity index (χ0) is 15.4. The molecule has 0 bridgehead atoms. The molecule has 0 aliphatic rings. The molecule has 2 aromatic rings. The number of hydrogen-bond donors (Lipinski definition) is 1. The molecule has 112 valence electrons. The van der Waals surface area contributed by atoms with Crippen LogP contribution in [0, 0.1) is 6.92 Å². The molecule has 1 atom stereocenters. The van der Waals surface area contributed by atoms with E-state index in [1.165, 1.54) is 5.56 Å². The molecule has 4 heteroatoms. The van der Waals surface area contributed by atoms with Crippen LogP contribution in [0.3, 0.4) is 0 Å². The van der Waals surface area contributed by atoms with E-state index in [2.05, 4.69) is 25.2 Å². The van der Waals surface area contributed by atoms with Gasteiger partial charge in [-0.1, -0.05) is 53.9 Å². The average Bonchev–Trinajstić information content (AvgIpc) is 2.42. The van der Waals surface area contributed by atoms with E-state index in [1.54, 1.807) is 0 Å². The summed E-state index contributed by atoms with van der Waals surface area (Å²) in [6, 6.07) is 11.7. The molecule has 0 saturated heterocycles. The summed E-state index contributed by atoms with van der Waals surface area (Å²) in [5.41, 5.74) is 3.36. The maximum Gasteiger partial charge on any atom is 0.0453 e. The van der Waals surface area contributed by atoms with Crippen molar-refractivity contribution >= 4 is 34.8 Å². The first kappa shape index (κ1) is 16.6. The molecule has 0 amide bonds. The van der Waals surface area contributed by atoms with Crippen LogP contribution in [0.2, 0.25) is 15.1 Å². The lowest BCUT2D eigenvalue weighted by Gasteiger charge is -2.22. The molecule has 0 aromatic heterocycles. The monoisotopic (exact) mass is 341 g/mol. The van der Waals surface area contributed by atoms with Crippen LogP contribution in [0.1, 0.15) is 29.7 Å². The van der Waals surface area contributed by atoms with E-state index in [9.17, 15) is 0 Å². The van der Waals surface area contributed by atoms with Crippen molar-refractivity contribution in [3.8, 4) is 0 Å². The maximum atomic E-state index is 6.29. The van der Waals surface area contributed by atoms with Gasteiger partial charge in [0.25, 0.3) is 0 Å². The Morgan fingerprint density at radius 1 is 1.05 bits per heavy atom. The van der Waals surface area contributed by atoms with Crippen LogP contribution < -0.4 is 5.32 Å². The van der Waals surface area contributed by atoms with Crippen molar-refractivity contribution in [1.82, 2.24) is 5.32 Å². The lowest BCUT2D eigenvalue weighted by atomic mass is 9.95. The molecule has 0 aliphatic carbocycles. The Labute approximate surface area is 141 Å². The first-order chi connectivity index (χ1) is 10.0. The number of rotatable bonds is 5. The maximum absolute atomic E-state index is 6.29. The third kappa shape index (κ3) is 4.14. The fraction of sp³-hybridized carbons (Fsp3) is 0.294. The van der Waals surface area contributed by atoms with Gasteiger partial charge in [0.15, 0.2) is 0 Å². The van der Waals surface area contributed by atoms with Crippen molar-refractivity contribution in [3.63, 3.8) is 0 Å². The van der Waals surface area contributed by atoms with Gasteiger partial charge in [-0.25, -0.2) is 0 Å². The zero-order valence-electron chi connectivity index (χ0n) is 12.1. The van der Waals surface area contributed by atoms with Crippen molar-refractivity contribution in [2.24, 2.45) is 0 Å². The topological polar surface area (TPSA) is 12.0 Å². The SMILES string of the molecule is CCNC(Cc1c(Cl)cccc1Cl)c1ccc(Cl)cc1C. The molecule has 0 heterocycles. The summed E-state index contributed by atoms with van der Waals surface area (Å²) in [7, 11) is 0. The third-order valence-electron chi connectivity index (χ3n) is 3.53. The summed E-state index contributed by atoms with van der Waals surface area (Å²) in [5.74, 6) is 0. The molecule has 2 rings (SSSR count). The van der Waals surface area contributed by atoms with Crippen LogP contribution in [-0.2, 0) is 6.42 Å². The number of aryl methyl sites for hydroxylation is 1. The summed E-state index contributed by atoms with van der Waals surface area (Å²) in [6.45, 7) is 5.03. The quantitative estimate of drug-likeness (QED) is 0.719. The molecular formula is C17H18Cl3N. The Hall–Kier alpha value is -0.730. The van der Waals surface area contributed by atoms with E-state index in [-0.39, 0.29) is 6.04 Å². The molecule has 2 aromatic carbocycles. The first-order valence-electron chi connectivity index (χ1n) is 6.95. The fourth-order valence-corrected chi connectivity index (χ4v) is 3.28. The highest BCUT2D eigenvalue weighted by Crippen LogP contribution is 2.31. The van der Waals surface area contributed by atoms with Crippen LogP contribution in [0.4, 0.5) is 0 Å². The number of benzene rings is 2. The van der Waals surface area contributed by atoms with E-state index >= 15 is 0 Å². The van der Waals surface area contributed by atoms with Crippen molar-refractivity contribution < 1.29 is 0 Å². The summed E-state index contributed by atoms with van der Waals surface area (Å²) in [6.07, 6.45) is 0.745. The first-order valence-corrected chi connectivity index (χ1v) is 8.08. The average molecular weight is 343 g/mol. The fourth-order valence-electron chi connectivity index (χ4n) is 2.50. The van der Waals surface area contributed by atoms with E-state index in [0.717, 1.165) is 29.1 Å². The molecule has 0 spiro atoms. The van der Waals surface area contributed by atoms with Gasteiger partial charge >= 0.3 is 0 Å². The lowest BCUT2D eigenvalue weighted by molar-refractivity contribution is 0.547. The van der Waals surface area contributed by atoms with Crippen molar-refractivity contribution in [2.45, 2.75) is 26.3 Å². The summed E-state index contributed by atoms with van der Waals surface area (Å²) >= 11 is 18.6. The second kappa shape index (κ2) is 7.51. The number of halogens is 3. The van der Waals surface area contributed by atoms with Gasteiger partial charge in [-0.05, 0) is 60.8 Å². The standard InChI is InChI=1S/C17H18Cl3N/c1-3-21-17(13-8-7-12(18)9-11(13)2)10-14-15(19)5-4-6-16(14)20/h4-9,17,21H,3,10H2,1-2H3. The van der Waals surface area contributed by atoms with Crippen LogP contribution in [-0.4, -0.2) is 6.54 Å². The molecule has 1 unspecified atom stereocenters. The predicted molar refractivity (Wildman–Crippen MR) is 92.8 cm³/mol. The Balaban J connectivity index is 2.35. The Morgan fingerprint density at radius 3 is 2.29 bits per heavy atom. The molecule has 0 saturated carbocycles. The van der Waals surface area contributed by atoms with Crippen molar-refractivity contribution in [2.75, 3.05) is 6.54 Å². The smallest absolute Gasteiger partial charge is 0.0453 e. The number of hydrogen-bond acceptors (Lipinski definition) is 1. The number of nitrogens with one attached hydrogen (secondary N) is 1. The van der Waals surface area contributed by atoms with E-state index in [0.29, 0.717) is 10.0 Å². The lowest BCUT2D eigenvalue weighted by Crippen LogP contribution is -2.24. The minimum atomic E-state index is 0.157. The summed E-state index contributed by atoms with van der Waals surface area (Å²) in [5, 5.41) is 5.67. The second-order valence-corrected chi connectivity index (χ2v) is 6.27. The van der Waals surface area contributed by atoms with Crippen LogP contribution in [0.25, 0.3) is 0 Å². The van der Waals surface area contributed by atoms with Gasteiger partial charge in [-0.3, -0.25) is 0 Å². The number of likely N-dealkylation sites (N-methyl/N-ethyl adjacent to an activating group) is 1. The van der Waals surface area contributed by atoms with Crippen LogP contribution in [0.5, 0.6) is 0 Å². The van der Waals surface area contributed by atoms with Gasteiger partial charge in [-0.15, -0.1) is 0 Å². The molecule has 0 radical (unpaired) electrons. The van der Waals surface area contributed by atoms with E-state index in [1.807, 2.05) is 30.3 Å². The second-order valence-electron chi connectivity index (χ2n) is 5.02. The highest BCUT2D eigenvalue weighted by Gasteiger charge is 2.17. The van der Waals surface area contributed by atoms with Gasteiger partial charge in [0.2, 0.25) is 0 Å². The van der Waals surface area contributed by atoms with Crippen molar-refractivity contribution in [3.05, 3.63) is 68.2 Å². The Morgan fingerprint density at radius 2 is 1.71 bits per heavy atom. The van der Waals surface area contributed by atoms with E-state index < -0.39 is 0 Å². The van der Waals surface area contributed by atoms with Gasteiger partial charge < -0.3 is 5.32 Å². The highest BCUT2D eigenvalue weighted by atomic mass is 35.5. The van der Waals surface area contributed by atoms with Gasteiger partial charge in [0, 0.05) is 21.1 Å². The Bertz CT molecular complexity index is 605. The normalized spacial score (nSPS) is 12.4. The minimum absolute atomic E-state index is 0.157. The molecule has 0 aliphatic heterocycles. The summed E-state index contributed by atoms with van der Waals surface area (Å²) < 4.78 is 0. The van der Waals surface area contributed by atoms with Gasteiger partial charge in [0.1, 0.15) is 0 Å². The third-order valence-corrected chi connectivity index (χ3v) is 4.47. The highest BCUT2D eigenvalue weighted by molar-refractivity contribution is 6.36. The van der Waals surface area contributed by atoms with Gasteiger partial charge in [0.05, 0.1) is 0 Å². The minimum Gasteiger partial charge on any atom is -0.310 e. The molecule has 1 N–H and O–H groups in total. The zero-order valence-corrected chi connectivity index (χ0v) is 14.4. The van der Waals surface area contributed by atoms with Crippen LogP contribution in [0.15, 0.2) is 36.4 Å².